The number of carbonyl (C=O) groups excluding carboxylic acids is 4. The van der Waals surface area contributed by atoms with E-state index in [2.05, 4.69) is 15.7 Å². The van der Waals surface area contributed by atoms with Crippen LogP contribution >= 0.6 is 0 Å². The number of fused-ring (bicyclic) bond motifs is 1. The topological polar surface area (TPSA) is 117 Å². The summed E-state index contributed by atoms with van der Waals surface area (Å²) in [6.07, 6.45) is 9.02. The Hall–Kier alpha value is -2.91. The fraction of sp³-hybridized carbons (Fsp3) is 0.720. The van der Waals surface area contributed by atoms with Crippen LogP contribution in [-0.4, -0.2) is 82.0 Å². The van der Waals surface area contributed by atoms with Crippen molar-refractivity contribution in [1.29, 1.82) is 0 Å². The summed E-state index contributed by atoms with van der Waals surface area (Å²) in [5.74, 6) is 0.0619. The van der Waals surface area contributed by atoms with Crippen LogP contribution in [0.2, 0.25) is 0 Å². The van der Waals surface area contributed by atoms with Crippen molar-refractivity contribution in [1.82, 2.24) is 30.2 Å². The van der Waals surface area contributed by atoms with Crippen LogP contribution in [0, 0.1) is 18.3 Å². The average Bonchev–Trinajstić information content (AvgIpc) is 3.24. The highest BCUT2D eigenvalue weighted by atomic mass is 16.2. The van der Waals surface area contributed by atoms with Crippen molar-refractivity contribution in [3.63, 3.8) is 0 Å². The maximum Gasteiger partial charge on any atom is 0.244 e. The van der Waals surface area contributed by atoms with E-state index >= 15 is 0 Å². The highest BCUT2D eigenvalue weighted by Gasteiger charge is 2.42. The van der Waals surface area contributed by atoms with Crippen molar-refractivity contribution < 1.29 is 19.2 Å². The van der Waals surface area contributed by atoms with E-state index < -0.39 is 5.41 Å². The van der Waals surface area contributed by atoms with Gasteiger partial charge in [-0.15, -0.1) is 0 Å². The minimum absolute atomic E-state index is 0.00857. The molecule has 2 N–H and O–H groups in total. The number of nitrogens with zero attached hydrogens (tertiary/aromatic N) is 4. The zero-order valence-electron chi connectivity index (χ0n) is 20.9. The van der Waals surface area contributed by atoms with E-state index in [0.717, 1.165) is 37.7 Å². The molecule has 192 valence electrons. The molecule has 3 aliphatic heterocycles. The molecule has 10 nitrogen and oxygen atoms in total. The lowest BCUT2D eigenvalue weighted by atomic mass is 9.73. The molecule has 1 aromatic heterocycles. The van der Waals surface area contributed by atoms with Gasteiger partial charge in [-0.2, -0.15) is 5.10 Å². The lowest BCUT2D eigenvalue weighted by Crippen LogP contribution is -2.55. The van der Waals surface area contributed by atoms with Crippen molar-refractivity contribution >= 4 is 23.6 Å². The number of aromatic nitrogens is 2. The first-order valence-electron chi connectivity index (χ1n) is 12.9. The summed E-state index contributed by atoms with van der Waals surface area (Å²) in [6, 6.07) is 0.0382. The summed E-state index contributed by atoms with van der Waals surface area (Å²) >= 11 is 0. The van der Waals surface area contributed by atoms with Gasteiger partial charge < -0.3 is 20.4 Å². The Labute approximate surface area is 206 Å². The molecule has 3 saturated heterocycles. The Morgan fingerprint density at radius 3 is 2.54 bits per heavy atom. The molecule has 35 heavy (non-hydrogen) atoms. The van der Waals surface area contributed by atoms with Gasteiger partial charge in [-0.25, -0.2) is 0 Å². The lowest BCUT2D eigenvalue weighted by Gasteiger charge is -2.42. The maximum absolute atomic E-state index is 13.3. The zero-order valence-corrected chi connectivity index (χ0v) is 20.9. The number of hydrogen-bond acceptors (Lipinski definition) is 5. The monoisotopic (exact) mass is 486 g/mol. The zero-order chi connectivity index (χ0) is 25.0. The third kappa shape index (κ3) is 6.02. The second-order valence-electron chi connectivity index (χ2n) is 10.5. The first-order valence-corrected chi connectivity index (χ1v) is 12.9. The number of nitrogens with one attached hydrogen (secondary N) is 2. The number of likely N-dealkylation sites (tertiary alicyclic amines) is 2. The molecule has 3 fully saturated rings. The lowest BCUT2D eigenvalue weighted by molar-refractivity contribution is -0.142. The van der Waals surface area contributed by atoms with Gasteiger partial charge in [-0.1, -0.05) is 12.8 Å². The van der Waals surface area contributed by atoms with Crippen LogP contribution in [0.1, 0.15) is 57.4 Å². The Bertz CT molecular complexity index is 952. The number of carbonyl (C=O) groups is 4. The van der Waals surface area contributed by atoms with Crippen molar-refractivity contribution in [2.45, 2.75) is 71.4 Å². The van der Waals surface area contributed by atoms with Gasteiger partial charge in [0, 0.05) is 45.3 Å². The summed E-state index contributed by atoms with van der Waals surface area (Å²) in [5, 5.41) is 10.2. The largest absolute Gasteiger partial charge is 0.351 e. The quantitative estimate of drug-likeness (QED) is 0.643. The van der Waals surface area contributed by atoms with E-state index in [1.807, 2.05) is 22.9 Å². The molecule has 4 rings (SSSR count). The summed E-state index contributed by atoms with van der Waals surface area (Å²) in [5.41, 5.74) is 0.452. The smallest absolute Gasteiger partial charge is 0.244 e. The second kappa shape index (κ2) is 10.8. The molecule has 0 aromatic carbocycles. The first-order chi connectivity index (χ1) is 16.8. The van der Waals surface area contributed by atoms with E-state index in [9.17, 15) is 19.2 Å². The van der Waals surface area contributed by atoms with Crippen molar-refractivity contribution in [3.8, 4) is 0 Å². The summed E-state index contributed by atoms with van der Waals surface area (Å²) in [4.78, 5) is 54.3. The van der Waals surface area contributed by atoms with Gasteiger partial charge in [-0.05, 0) is 50.5 Å². The van der Waals surface area contributed by atoms with Crippen molar-refractivity contribution in [2.75, 3.05) is 32.7 Å². The van der Waals surface area contributed by atoms with Crippen LogP contribution in [-0.2, 0) is 25.7 Å². The third-order valence-electron chi connectivity index (χ3n) is 8.03. The predicted molar refractivity (Wildman–Crippen MR) is 129 cm³/mol. The van der Waals surface area contributed by atoms with E-state index in [1.54, 1.807) is 17.8 Å². The number of amides is 4. The Kier molecular flexibility index (Phi) is 7.76. The van der Waals surface area contributed by atoms with Crippen LogP contribution in [0.3, 0.4) is 0 Å². The van der Waals surface area contributed by atoms with Gasteiger partial charge in [0.25, 0.3) is 0 Å². The number of rotatable bonds is 2. The van der Waals surface area contributed by atoms with E-state index in [-0.39, 0.29) is 48.7 Å². The van der Waals surface area contributed by atoms with Crippen LogP contribution in [0.4, 0.5) is 0 Å². The SMILES string of the molecule is CC(=O)N1CC[C@H]2NC(=O)CNC(=O)C3(CCCC[C@H]2C1)CCN(C(=O)Cn1cc(C)cn1)CC3. The Morgan fingerprint density at radius 1 is 1.09 bits per heavy atom. The Balaban J connectivity index is 1.37. The molecule has 0 unspecified atom stereocenters. The molecule has 3 aliphatic rings. The van der Waals surface area contributed by atoms with Gasteiger partial charge in [-0.3, -0.25) is 23.9 Å². The molecule has 0 saturated carbocycles. The van der Waals surface area contributed by atoms with Crippen molar-refractivity contribution in [2.24, 2.45) is 11.3 Å². The molecule has 0 radical (unpaired) electrons. The van der Waals surface area contributed by atoms with Gasteiger partial charge >= 0.3 is 0 Å². The maximum atomic E-state index is 13.3. The van der Waals surface area contributed by atoms with E-state index in [1.165, 1.54) is 0 Å². The van der Waals surface area contributed by atoms with Crippen LogP contribution in [0.15, 0.2) is 12.4 Å². The minimum Gasteiger partial charge on any atom is -0.351 e. The highest BCUT2D eigenvalue weighted by Crippen LogP contribution is 2.38. The molecule has 0 bridgehead atoms. The van der Waals surface area contributed by atoms with Crippen LogP contribution in [0.5, 0.6) is 0 Å². The van der Waals surface area contributed by atoms with Gasteiger partial charge in [0.2, 0.25) is 23.6 Å². The average molecular weight is 487 g/mol. The van der Waals surface area contributed by atoms with E-state index in [0.29, 0.717) is 39.0 Å². The summed E-state index contributed by atoms with van der Waals surface area (Å²) < 4.78 is 1.65. The van der Waals surface area contributed by atoms with E-state index in [4.69, 9.17) is 0 Å². The molecular weight excluding hydrogens is 448 g/mol. The van der Waals surface area contributed by atoms with Gasteiger partial charge in [0.15, 0.2) is 0 Å². The molecular formula is C25H38N6O4. The fourth-order valence-electron chi connectivity index (χ4n) is 5.84. The second-order valence-corrected chi connectivity index (χ2v) is 10.5. The summed E-state index contributed by atoms with van der Waals surface area (Å²) in [6.45, 7) is 6.07. The molecule has 1 aromatic rings. The minimum atomic E-state index is -0.560. The molecule has 0 aliphatic carbocycles. The number of aryl methyl sites for hydroxylation is 1. The molecule has 4 heterocycles. The van der Waals surface area contributed by atoms with Gasteiger partial charge in [0.05, 0.1) is 18.2 Å². The molecule has 1 spiro atoms. The predicted octanol–water partition coefficient (Wildman–Crippen LogP) is 0.844. The normalized spacial score (nSPS) is 25.7. The standard InChI is InChI=1S/C25H38N6O4/c1-18-13-27-31(15-18)17-23(34)29-11-8-25(9-12-29)7-4-3-5-20-16-30(19(2)32)10-6-21(20)28-22(33)14-26-24(25)35/h13,15,20-21H,3-12,14,16-17H2,1-2H3,(H,26,35)(H,28,33)/t20-,21+/m0/s1. The summed E-state index contributed by atoms with van der Waals surface area (Å²) in [7, 11) is 0. The van der Waals surface area contributed by atoms with Crippen LogP contribution < -0.4 is 10.6 Å². The Morgan fingerprint density at radius 2 is 1.86 bits per heavy atom. The molecule has 2 atom stereocenters. The molecule has 10 heteroatoms. The third-order valence-corrected chi connectivity index (χ3v) is 8.03. The highest BCUT2D eigenvalue weighted by molar-refractivity contribution is 5.88. The fourth-order valence-corrected chi connectivity index (χ4v) is 5.84. The van der Waals surface area contributed by atoms with Crippen LogP contribution in [0.25, 0.3) is 0 Å². The van der Waals surface area contributed by atoms with Gasteiger partial charge in [0.1, 0.15) is 6.54 Å². The molecule has 4 amide bonds. The number of hydrogen-bond donors (Lipinski definition) is 2. The van der Waals surface area contributed by atoms with Crippen molar-refractivity contribution in [3.05, 3.63) is 18.0 Å². The number of piperidine rings is 2. The first kappa shape index (κ1) is 25.2.